The van der Waals surface area contributed by atoms with Crippen LogP contribution in [-0.4, -0.2) is 50.7 Å². The van der Waals surface area contributed by atoms with Gasteiger partial charge in [-0.05, 0) is 25.0 Å². The van der Waals surface area contributed by atoms with Gasteiger partial charge in [-0.2, -0.15) is 5.10 Å². The van der Waals surface area contributed by atoms with Gasteiger partial charge < -0.3 is 9.64 Å². The van der Waals surface area contributed by atoms with Gasteiger partial charge >= 0.3 is 0 Å². The lowest BCUT2D eigenvalue weighted by Crippen LogP contribution is -2.33. The average Bonchev–Trinajstić information content (AvgIpc) is 3.15. The Balaban J connectivity index is 1.92. The van der Waals surface area contributed by atoms with Gasteiger partial charge in [-0.25, -0.2) is 4.98 Å². The van der Waals surface area contributed by atoms with Crippen LogP contribution in [0, 0.1) is 13.8 Å². The summed E-state index contributed by atoms with van der Waals surface area (Å²) >= 11 is 0. The molecule has 0 saturated carbocycles. The number of methoxy groups -OCH3 is 1. The van der Waals surface area contributed by atoms with Gasteiger partial charge in [0.15, 0.2) is 0 Å². The molecule has 0 bridgehead atoms. The molecule has 1 saturated heterocycles. The Hall–Kier alpha value is -2.28. The Morgan fingerprint density at radius 1 is 1.41 bits per heavy atom. The fourth-order valence-corrected chi connectivity index (χ4v) is 2.90. The molecule has 2 aromatic rings. The summed E-state index contributed by atoms with van der Waals surface area (Å²) in [6.07, 6.45) is 3.86. The first-order valence-electron chi connectivity index (χ1n) is 7.22. The highest BCUT2D eigenvalue weighted by molar-refractivity contribution is 5.94. The topological polar surface area (TPSA) is 84.0 Å². The SMILES string of the molecule is CO[C@@H]1C[C@@H](c2ncn[nH]2)N(C(=O)c2ncc(C)cc2C)C1. The van der Waals surface area contributed by atoms with E-state index in [-0.39, 0.29) is 18.1 Å². The molecule has 0 spiro atoms. The molecule has 0 unspecified atom stereocenters. The van der Waals surface area contributed by atoms with Crippen molar-refractivity contribution < 1.29 is 9.53 Å². The van der Waals surface area contributed by atoms with E-state index in [2.05, 4.69) is 20.2 Å². The smallest absolute Gasteiger partial charge is 0.273 e. The zero-order chi connectivity index (χ0) is 15.7. The number of likely N-dealkylation sites (tertiary alicyclic amines) is 1. The molecule has 0 radical (unpaired) electrons. The molecule has 0 aromatic carbocycles. The number of ether oxygens (including phenoxy) is 1. The second kappa shape index (κ2) is 5.84. The van der Waals surface area contributed by atoms with E-state index in [1.807, 2.05) is 19.9 Å². The molecular formula is C15H19N5O2. The third kappa shape index (κ3) is 2.59. The number of aromatic amines is 1. The predicted octanol–water partition coefficient (Wildman–Crippen LogP) is 1.42. The molecule has 2 aromatic heterocycles. The number of pyridine rings is 1. The van der Waals surface area contributed by atoms with Crippen molar-refractivity contribution in [2.24, 2.45) is 0 Å². The van der Waals surface area contributed by atoms with Crippen molar-refractivity contribution in [1.82, 2.24) is 25.1 Å². The minimum atomic E-state index is -0.164. The molecule has 0 aliphatic carbocycles. The zero-order valence-corrected chi connectivity index (χ0v) is 12.9. The first kappa shape index (κ1) is 14.6. The number of rotatable bonds is 3. The van der Waals surface area contributed by atoms with Crippen LogP contribution in [0.25, 0.3) is 0 Å². The maximum atomic E-state index is 12.9. The van der Waals surface area contributed by atoms with Crippen LogP contribution in [0.4, 0.5) is 0 Å². The molecule has 3 heterocycles. The average molecular weight is 301 g/mol. The lowest BCUT2D eigenvalue weighted by molar-refractivity contribution is 0.0678. The lowest BCUT2D eigenvalue weighted by Gasteiger charge is -2.23. The fourth-order valence-electron chi connectivity index (χ4n) is 2.90. The van der Waals surface area contributed by atoms with Gasteiger partial charge in [0.05, 0.1) is 12.1 Å². The first-order chi connectivity index (χ1) is 10.6. The number of nitrogens with zero attached hydrogens (tertiary/aromatic N) is 4. The number of nitrogens with one attached hydrogen (secondary N) is 1. The molecular weight excluding hydrogens is 282 g/mol. The van der Waals surface area contributed by atoms with E-state index in [1.54, 1.807) is 18.2 Å². The first-order valence-corrected chi connectivity index (χ1v) is 7.22. The van der Waals surface area contributed by atoms with Crippen LogP contribution >= 0.6 is 0 Å². The Morgan fingerprint density at radius 3 is 2.86 bits per heavy atom. The van der Waals surface area contributed by atoms with E-state index < -0.39 is 0 Å². The highest BCUT2D eigenvalue weighted by Crippen LogP contribution is 2.32. The number of amides is 1. The van der Waals surface area contributed by atoms with Crippen LogP contribution in [0.1, 0.15) is 39.9 Å². The fraction of sp³-hybridized carbons (Fsp3) is 0.467. The third-order valence-electron chi connectivity index (χ3n) is 4.02. The van der Waals surface area contributed by atoms with Gasteiger partial charge in [0.2, 0.25) is 0 Å². The Morgan fingerprint density at radius 2 is 2.23 bits per heavy atom. The summed E-state index contributed by atoms with van der Waals surface area (Å²) in [6.45, 7) is 4.39. The summed E-state index contributed by atoms with van der Waals surface area (Å²) in [7, 11) is 1.66. The minimum absolute atomic E-state index is 0.00944. The highest BCUT2D eigenvalue weighted by atomic mass is 16.5. The summed E-state index contributed by atoms with van der Waals surface area (Å²) in [5.41, 5.74) is 2.39. The summed E-state index contributed by atoms with van der Waals surface area (Å²) in [5.74, 6) is 0.580. The van der Waals surface area contributed by atoms with Crippen LogP contribution in [0.5, 0.6) is 0 Å². The summed E-state index contributed by atoms with van der Waals surface area (Å²) in [5, 5.41) is 6.74. The van der Waals surface area contributed by atoms with Gasteiger partial charge in [0, 0.05) is 26.3 Å². The Labute approximate surface area is 128 Å². The number of carbonyl (C=O) groups excluding carboxylic acids is 1. The number of aromatic nitrogens is 4. The zero-order valence-electron chi connectivity index (χ0n) is 12.9. The van der Waals surface area contributed by atoms with Gasteiger partial charge in [-0.3, -0.25) is 14.9 Å². The van der Waals surface area contributed by atoms with Crippen LogP contribution in [0.2, 0.25) is 0 Å². The lowest BCUT2D eigenvalue weighted by atomic mass is 10.1. The van der Waals surface area contributed by atoms with Crippen LogP contribution < -0.4 is 0 Å². The second-order valence-electron chi connectivity index (χ2n) is 5.62. The quantitative estimate of drug-likeness (QED) is 0.927. The van der Waals surface area contributed by atoms with E-state index in [0.29, 0.717) is 24.5 Å². The Bertz CT molecular complexity index is 671. The number of H-pyrrole nitrogens is 1. The number of carbonyl (C=O) groups is 1. The van der Waals surface area contributed by atoms with Gasteiger partial charge in [0.25, 0.3) is 5.91 Å². The van der Waals surface area contributed by atoms with Crippen molar-refractivity contribution in [1.29, 1.82) is 0 Å². The van der Waals surface area contributed by atoms with E-state index in [9.17, 15) is 4.79 Å². The summed E-state index contributed by atoms with van der Waals surface area (Å²) < 4.78 is 5.43. The Kier molecular flexibility index (Phi) is 3.89. The maximum absolute atomic E-state index is 12.9. The monoisotopic (exact) mass is 301 g/mol. The maximum Gasteiger partial charge on any atom is 0.273 e. The third-order valence-corrected chi connectivity index (χ3v) is 4.02. The van der Waals surface area contributed by atoms with Crippen LogP contribution in [0.15, 0.2) is 18.6 Å². The molecule has 1 N–H and O–H groups in total. The van der Waals surface area contributed by atoms with Crippen molar-refractivity contribution in [2.45, 2.75) is 32.4 Å². The highest BCUT2D eigenvalue weighted by Gasteiger charge is 2.39. The normalized spacial score (nSPS) is 21.3. The van der Waals surface area contributed by atoms with Crippen molar-refractivity contribution in [2.75, 3.05) is 13.7 Å². The largest absolute Gasteiger partial charge is 0.380 e. The standard InChI is InChI=1S/C15H19N5O2/c1-9-4-10(2)13(16-6-9)15(21)20-7-11(22-3)5-12(20)14-17-8-18-19-14/h4,6,8,11-12H,5,7H2,1-3H3,(H,17,18,19)/t11-,12+/m1/s1. The number of hydrogen-bond acceptors (Lipinski definition) is 5. The van der Waals surface area contributed by atoms with Crippen molar-refractivity contribution in [3.05, 3.63) is 41.2 Å². The molecule has 1 aliphatic rings. The van der Waals surface area contributed by atoms with Crippen LogP contribution in [0.3, 0.4) is 0 Å². The van der Waals surface area contributed by atoms with Crippen molar-refractivity contribution >= 4 is 5.91 Å². The van der Waals surface area contributed by atoms with E-state index >= 15 is 0 Å². The van der Waals surface area contributed by atoms with E-state index in [1.165, 1.54) is 6.33 Å². The molecule has 2 atom stereocenters. The molecule has 7 nitrogen and oxygen atoms in total. The predicted molar refractivity (Wildman–Crippen MR) is 79.3 cm³/mol. The van der Waals surface area contributed by atoms with E-state index in [4.69, 9.17) is 4.74 Å². The molecule has 1 amide bonds. The van der Waals surface area contributed by atoms with Gasteiger partial charge in [-0.1, -0.05) is 6.07 Å². The molecule has 1 aliphatic heterocycles. The molecule has 7 heteroatoms. The van der Waals surface area contributed by atoms with Crippen molar-refractivity contribution in [3.63, 3.8) is 0 Å². The molecule has 116 valence electrons. The summed E-state index contributed by atoms with van der Waals surface area (Å²) in [6, 6.07) is 1.80. The van der Waals surface area contributed by atoms with Gasteiger partial charge in [0.1, 0.15) is 17.8 Å². The number of hydrogen-bond donors (Lipinski definition) is 1. The van der Waals surface area contributed by atoms with Crippen LogP contribution in [-0.2, 0) is 4.74 Å². The molecule has 1 fully saturated rings. The van der Waals surface area contributed by atoms with E-state index in [0.717, 1.165) is 11.1 Å². The summed E-state index contributed by atoms with van der Waals surface area (Å²) in [4.78, 5) is 23.2. The molecule has 22 heavy (non-hydrogen) atoms. The number of aryl methyl sites for hydroxylation is 2. The molecule has 3 rings (SSSR count). The minimum Gasteiger partial charge on any atom is -0.380 e. The van der Waals surface area contributed by atoms with Crippen molar-refractivity contribution in [3.8, 4) is 0 Å². The second-order valence-corrected chi connectivity index (χ2v) is 5.62. The van der Waals surface area contributed by atoms with Gasteiger partial charge in [-0.15, -0.1) is 0 Å².